The predicted molar refractivity (Wildman–Crippen MR) is 103 cm³/mol. The number of likely N-dealkylation sites (tertiary alicyclic amines) is 1. The zero-order valence-electron chi connectivity index (χ0n) is 15.6. The van der Waals surface area contributed by atoms with Crippen LogP contribution in [0.5, 0.6) is 17.2 Å². The summed E-state index contributed by atoms with van der Waals surface area (Å²) >= 11 is 0. The molecule has 0 radical (unpaired) electrons. The van der Waals surface area contributed by atoms with Gasteiger partial charge in [-0.2, -0.15) is 0 Å². The average Bonchev–Trinajstić information content (AvgIpc) is 2.72. The van der Waals surface area contributed by atoms with E-state index in [1.54, 1.807) is 38.8 Å². The van der Waals surface area contributed by atoms with Crippen molar-refractivity contribution < 1.29 is 19.0 Å². The highest BCUT2D eigenvalue weighted by Gasteiger charge is 2.23. The number of rotatable bonds is 6. The third-order valence-corrected chi connectivity index (χ3v) is 4.47. The lowest BCUT2D eigenvalue weighted by Gasteiger charge is -2.32. The average molecular weight is 368 g/mol. The fraction of sp³-hybridized carbons (Fsp3) is 0.333. The minimum absolute atomic E-state index is 0.000388. The number of pyridine rings is 1. The molecule has 1 aromatic heterocycles. The van der Waals surface area contributed by atoms with Gasteiger partial charge in [0.25, 0.3) is 0 Å². The van der Waals surface area contributed by atoms with Crippen molar-refractivity contribution in [3.63, 3.8) is 0 Å². The Bertz CT molecular complexity index is 792. The van der Waals surface area contributed by atoms with E-state index in [1.807, 2.05) is 35.2 Å². The van der Waals surface area contributed by atoms with Gasteiger partial charge >= 0.3 is 0 Å². The number of ether oxygens (including phenoxy) is 3. The van der Waals surface area contributed by atoms with E-state index >= 15 is 0 Å². The maximum Gasteiger partial charge on any atom is 0.246 e. The maximum atomic E-state index is 12.6. The van der Waals surface area contributed by atoms with E-state index in [-0.39, 0.29) is 12.0 Å². The second-order valence-corrected chi connectivity index (χ2v) is 6.30. The van der Waals surface area contributed by atoms with Gasteiger partial charge in [0, 0.05) is 25.0 Å². The molecule has 0 bridgehead atoms. The summed E-state index contributed by atoms with van der Waals surface area (Å²) in [4.78, 5) is 18.4. The monoisotopic (exact) mass is 368 g/mol. The quantitative estimate of drug-likeness (QED) is 0.733. The van der Waals surface area contributed by atoms with E-state index < -0.39 is 0 Å². The molecule has 1 atom stereocenters. The van der Waals surface area contributed by atoms with Crippen molar-refractivity contribution in [2.24, 2.45) is 0 Å². The molecule has 1 unspecified atom stereocenters. The lowest BCUT2D eigenvalue weighted by molar-refractivity contribution is -0.128. The standard InChI is InChI=1S/C21H24N2O4/c1-25-19-7-5-16(14-20(19)26-2)6-8-21(24)23-13-3-4-18(15-23)27-17-9-11-22-12-10-17/h5-12,14,18H,3-4,13,15H2,1-2H3/b8-6+. The second kappa shape index (κ2) is 9.07. The van der Waals surface area contributed by atoms with Crippen molar-refractivity contribution in [1.29, 1.82) is 0 Å². The molecule has 1 fully saturated rings. The number of nitrogens with zero attached hydrogens (tertiary/aromatic N) is 2. The SMILES string of the molecule is COc1ccc(/C=C/C(=O)N2CCCC(Oc3ccncc3)C2)cc1OC. The first kappa shape index (κ1) is 18.8. The molecule has 1 amide bonds. The molecule has 1 aromatic carbocycles. The van der Waals surface area contributed by atoms with Crippen LogP contribution in [-0.2, 0) is 4.79 Å². The first-order valence-corrected chi connectivity index (χ1v) is 8.95. The molecule has 1 aliphatic heterocycles. The summed E-state index contributed by atoms with van der Waals surface area (Å²) in [6.07, 6.45) is 8.64. The highest BCUT2D eigenvalue weighted by Crippen LogP contribution is 2.28. The Morgan fingerprint density at radius 1 is 1.15 bits per heavy atom. The summed E-state index contributed by atoms with van der Waals surface area (Å²) in [6, 6.07) is 9.21. The van der Waals surface area contributed by atoms with Crippen molar-refractivity contribution in [2.45, 2.75) is 18.9 Å². The summed E-state index contributed by atoms with van der Waals surface area (Å²) in [5.41, 5.74) is 0.877. The molecule has 6 heteroatoms. The zero-order valence-corrected chi connectivity index (χ0v) is 15.6. The summed E-state index contributed by atoms with van der Waals surface area (Å²) < 4.78 is 16.5. The highest BCUT2D eigenvalue weighted by molar-refractivity contribution is 5.92. The van der Waals surface area contributed by atoms with Gasteiger partial charge in [0.15, 0.2) is 11.5 Å². The largest absolute Gasteiger partial charge is 0.493 e. The molecule has 0 N–H and O–H groups in total. The Morgan fingerprint density at radius 2 is 1.93 bits per heavy atom. The molecule has 1 saturated heterocycles. The van der Waals surface area contributed by atoms with Crippen molar-refractivity contribution >= 4 is 12.0 Å². The van der Waals surface area contributed by atoms with Crippen LogP contribution < -0.4 is 14.2 Å². The van der Waals surface area contributed by atoms with Gasteiger partial charge in [-0.05, 0) is 48.7 Å². The Hall–Kier alpha value is -3.02. The van der Waals surface area contributed by atoms with Crippen LogP contribution in [0.3, 0.4) is 0 Å². The van der Waals surface area contributed by atoms with Crippen molar-refractivity contribution in [3.8, 4) is 17.2 Å². The van der Waals surface area contributed by atoms with E-state index in [0.717, 1.165) is 30.7 Å². The van der Waals surface area contributed by atoms with E-state index in [4.69, 9.17) is 14.2 Å². The van der Waals surface area contributed by atoms with Gasteiger partial charge in [0.2, 0.25) is 5.91 Å². The summed E-state index contributed by atoms with van der Waals surface area (Å²) in [5.74, 6) is 2.06. The van der Waals surface area contributed by atoms with Crippen LogP contribution in [0, 0.1) is 0 Å². The van der Waals surface area contributed by atoms with E-state index in [0.29, 0.717) is 18.0 Å². The van der Waals surface area contributed by atoms with Crippen LogP contribution in [0.4, 0.5) is 0 Å². The Labute approximate surface area is 159 Å². The van der Waals surface area contributed by atoms with Gasteiger partial charge in [-0.15, -0.1) is 0 Å². The number of piperidine rings is 1. The fourth-order valence-corrected chi connectivity index (χ4v) is 3.07. The highest BCUT2D eigenvalue weighted by atomic mass is 16.5. The lowest BCUT2D eigenvalue weighted by Crippen LogP contribution is -2.43. The second-order valence-electron chi connectivity index (χ2n) is 6.30. The van der Waals surface area contributed by atoms with E-state index in [9.17, 15) is 4.79 Å². The molecule has 0 saturated carbocycles. The molecule has 0 spiro atoms. The fourth-order valence-electron chi connectivity index (χ4n) is 3.07. The summed E-state index contributed by atoms with van der Waals surface area (Å²) in [7, 11) is 3.19. The predicted octanol–water partition coefficient (Wildman–Crippen LogP) is 3.18. The van der Waals surface area contributed by atoms with Crippen LogP contribution in [0.25, 0.3) is 6.08 Å². The Kier molecular flexibility index (Phi) is 6.30. The Balaban J connectivity index is 1.61. The molecule has 142 valence electrons. The summed E-state index contributed by atoms with van der Waals surface area (Å²) in [5, 5.41) is 0. The van der Waals surface area contributed by atoms with Crippen LogP contribution in [0.1, 0.15) is 18.4 Å². The zero-order chi connectivity index (χ0) is 19.1. The third kappa shape index (κ3) is 5.00. The number of carbonyl (C=O) groups is 1. The van der Waals surface area contributed by atoms with Gasteiger partial charge in [0.1, 0.15) is 11.9 Å². The number of aromatic nitrogens is 1. The lowest BCUT2D eigenvalue weighted by atomic mass is 10.1. The third-order valence-electron chi connectivity index (χ3n) is 4.47. The number of hydrogen-bond acceptors (Lipinski definition) is 5. The number of benzene rings is 1. The first-order valence-electron chi connectivity index (χ1n) is 8.95. The molecule has 2 aromatic rings. The molecule has 27 heavy (non-hydrogen) atoms. The minimum atomic E-state index is -0.0205. The molecular formula is C21H24N2O4. The van der Waals surface area contributed by atoms with Crippen LogP contribution in [0.2, 0.25) is 0 Å². The minimum Gasteiger partial charge on any atom is -0.493 e. The van der Waals surface area contributed by atoms with Crippen molar-refractivity contribution in [3.05, 3.63) is 54.4 Å². The maximum absolute atomic E-state index is 12.6. The molecule has 1 aliphatic rings. The summed E-state index contributed by atoms with van der Waals surface area (Å²) in [6.45, 7) is 1.32. The number of methoxy groups -OCH3 is 2. The number of amides is 1. The normalized spacial score (nSPS) is 17.0. The number of carbonyl (C=O) groups excluding carboxylic acids is 1. The van der Waals surface area contributed by atoms with Crippen molar-refractivity contribution in [1.82, 2.24) is 9.88 Å². The molecule has 0 aliphatic carbocycles. The van der Waals surface area contributed by atoms with Crippen LogP contribution >= 0.6 is 0 Å². The van der Waals surface area contributed by atoms with E-state index in [1.165, 1.54) is 0 Å². The first-order chi connectivity index (χ1) is 13.2. The van der Waals surface area contributed by atoms with Crippen LogP contribution in [0.15, 0.2) is 48.8 Å². The van der Waals surface area contributed by atoms with Gasteiger partial charge in [-0.25, -0.2) is 0 Å². The molecule has 2 heterocycles. The molecule has 6 nitrogen and oxygen atoms in total. The Morgan fingerprint density at radius 3 is 2.67 bits per heavy atom. The molecular weight excluding hydrogens is 344 g/mol. The molecule has 3 rings (SSSR count). The van der Waals surface area contributed by atoms with Gasteiger partial charge in [-0.3, -0.25) is 9.78 Å². The van der Waals surface area contributed by atoms with Gasteiger partial charge in [0.05, 0.1) is 20.8 Å². The smallest absolute Gasteiger partial charge is 0.246 e. The topological polar surface area (TPSA) is 60.9 Å². The van der Waals surface area contributed by atoms with Gasteiger partial charge < -0.3 is 19.1 Å². The number of hydrogen-bond donors (Lipinski definition) is 0. The van der Waals surface area contributed by atoms with Gasteiger partial charge in [-0.1, -0.05) is 6.07 Å². The van der Waals surface area contributed by atoms with Crippen LogP contribution in [-0.4, -0.2) is 49.2 Å². The van der Waals surface area contributed by atoms with Crippen molar-refractivity contribution in [2.75, 3.05) is 27.3 Å². The van der Waals surface area contributed by atoms with E-state index in [2.05, 4.69) is 4.98 Å².